The first kappa shape index (κ1) is 28.7. The van der Waals surface area contributed by atoms with Crippen LogP contribution >= 0.6 is 0 Å². The fourth-order valence-corrected chi connectivity index (χ4v) is 5.03. The Morgan fingerprint density at radius 3 is 2.29 bits per heavy atom. The number of carbonyl (C=O) groups is 2. The largest absolute Gasteiger partial charge is 0.493 e. The molecule has 0 saturated carbocycles. The maximum atomic E-state index is 14.3. The maximum Gasteiger partial charge on any atom is 0.329 e. The molecule has 1 heterocycles. The minimum absolute atomic E-state index is 0.124. The monoisotopic (exact) mass is 569 g/mol. The second-order valence-corrected chi connectivity index (χ2v) is 9.81. The first-order valence-electron chi connectivity index (χ1n) is 13.8. The zero-order valence-electron chi connectivity index (χ0n) is 23.5. The highest BCUT2D eigenvalue weighted by molar-refractivity contribution is 5.89. The first-order chi connectivity index (χ1) is 20.5. The van der Waals surface area contributed by atoms with Crippen molar-refractivity contribution in [3.63, 3.8) is 0 Å². The Morgan fingerprint density at radius 2 is 1.62 bits per heavy atom. The Bertz CT molecular complexity index is 1510. The number of fused-ring (bicyclic) bond motifs is 1. The molecule has 5 rings (SSSR count). The van der Waals surface area contributed by atoms with Gasteiger partial charge in [-0.05, 0) is 48.4 Å². The molecule has 216 valence electrons. The van der Waals surface area contributed by atoms with Crippen LogP contribution in [0, 0.1) is 5.82 Å². The molecular weight excluding hydrogens is 537 g/mol. The number of halogens is 1. The van der Waals surface area contributed by atoms with E-state index in [1.807, 2.05) is 42.5 Å². The van der Waals surface area contributed by atoms with Crippen molar-refractivity contribution in [3.05, 3.63) is 125 Å². The van der Waals surface area contributed by atoms with Crippen molar-refractivity contribution in [2.45, 2.75) is 38.6 Å². The summed E-state index contributed by atoms with van der Waals surface area (Å²) in [5.41, 5.74) is 3.18. The van der Waals surface area contributed by atoms with Crippen LogP contribution in [0.25, 0.3) is 0 Å². The van der Waals surface area contributed by atoms with Gasteiger partial charge in [0, 0.05) is 24.1 Å². The number of hydrogen-bond acceptors (Lipinski definition) is 6. The summed E-state index contributed by atoms with van der Waals surface area (Å²) in [5, 5.41) is 0. The minimum atomic E-state index is -1.08. The van der Waals surface area contributed by atoms with Crippen LogP contribution in [0.4, 0.5) is 4.39 Å². The number of esters is 1. The van der Waals surface area contributed by atoms with Crippen LogP contribution < -0.4 is 14.2 Å². The molecule has 2 atom stereocenters. The van der Waals surface area contributed by atoms with E-state index in [1.54, 1.807) is 44.4 Å². The molecule has 8 heteroatoms. The quantitative estimate of drug-likeness (QED) is 0.217. The van der Waals surface area contributed by atoms with Gasteiger partial charge in [-0.15, -0.1) is 0 Å². The number of nitrogens with zero attached hydrogens (tertiary/aromatic N) is 1. The SMILES string of the molecule is CCOC(=O)[C@@H]1Cc2c(ccc(OC)c2OCc2ccccc2)CN1C(=O)[C@@H](Oc1ccc(F)cc1)c1ccccc1. The summed E-state index contributed by atoms with van der Waals surface area (Å²) in [4.78, 5) is 29.1. The zero-order chi connectivity index (χ0) is 29.5. The molecule has 0 aliphatic carbocycles. The van der Waals surface area contributed by atoms with E-state index in [2.05, 4.69) is 0 Å². The van der Waals surface area contributed by atoms with Crippen LogP contribution in [0.5, 0.6) is 17.2 Å². The third-order valence-corrected chi connectivity index (χ3v) is 7.12. The van der Waals surface area contributed by atoms with Gasteiger partial charge in [0.1, 0.15) is 24.2 Å². The number of carbonyl (C=O) groups excluding carboxylic acids is 2. The van der Waals surface area contributed by atoms with Gasteiger partial charge in [0.15, 0.2) is 11.5 Å². The van der Waals surface area contributed by atoms with E-state index >= 15 is 0 Å². The fourth-order valence-electron chi connectivity index (χ4n) is 5.03. The second kappa shape index (κ2) is 13.2. The van der Waals surface area contributed by atoms with Crippen LogP contribution in [-0.4, -0.2) is 36.5 Å². The molecule has 42 heavy (non-hydrogen) atoms. The highest BCUT2D eigenvalue weighted by Gasteiger charge is 2.41. The Kier molecular flexibility index (Phi) is 9.02. The van der Waals surface area contributed by atoms with Gasteiger partial charge in [0.05, 0.1) is 13.7 Å². The molecule has 1 aliphatic rings. The number of methoxy groups -OCH3 is 1. The van der Waals surface area contributed by atoms with Crippen LogP contribution in [0.3, 0.4) is 0 Å². The molecule has 0 aromatic heterocycles. The van der Waals surface area contributed by atoms with E-state index in [4.69, 9.17) is 18.9 Å². The van der Waals surface area contributed by atoms with Crippen LogP contribution in [0.15, 0.2) is 97.1 Å². The molecule has 0 spiro atoms. The maximum absolute atomic E-state index is 14.3. The lowest BCUT2D eigenvalue weighted by atomic mass is 9.91. The van der Waals surface area contributed by atoms with Crippen LogP contribution in [0.2, 0.25) is 0 Å². The molecule has 0 radical (unpaired) electrons. The smallest absolute Gasteiger partial charge is 0.329 e. The summed E-state index contributed by atoms with van der Waals surface area (Å²) < 4.78 is 37.0. The Balaban J connectivity index is 1.51. The van der Waals surface area contributed by atoms with Crippen LogP contribution in [-0.2, 0) is 33.9 Å². The Morgan fingerprint density at radius 1 is 0.929 bits per heavy atom. The van der Waals surface area contributed by atoms with E-state index in [0.717, 1.165) is 16.7 Å². The summed E-state index contributed by atoms with van der Waals surface area (Å²) >= 11 is 0. The molecule has 7 nitrogen and oxygen atoms in total. The van der Waals surface area contributed by atoms with Gasteiger partial charge in [-0.25, -0.2) is 9.18 Å². The van der Waals surface area contributed by atoms with Gasteiger partial charge >= 0.3 is 5.97 Å². The zero-order valence-corrected chi connectivity index (χ0v) is 23.5. The van der Waals surface area contributed by atoms with Crippen molar-refractivity contribution in [1.29, 1.82) is 0 Å². The molecule has 0 N–H and O–H groups in total. The third-order valence-electron chi connectivity index (χ3n) is 7.12. The van der Waals surface area contributed by atoms with Crippen molar-refractivity contribution in [3.8, 4) is 17.2 Å². The van der Waals surface area contributed by atoms with Gasteiger partial charge in [0.25, 0.3) is 5.91 Å². The number of amides is 1. The summed E-state index contributed by atoms with van der Waals surface area (Å²) in [7, 11) is 1.57. The number of benzene rings is 4. The second-order valence-electron chi connectivity index (χ2n) is 9.81. The average Bonchev–Trinajstić information content (AvgIpc) is 3.03. The van der Waals surface area contributed by atoms with E-state index in [9.17, 15) is 14.0 Å². The standard InChI is InChI=1S/C34H32FNO6/c1-3-40-34(38)29-20-28-25(14-19-30(39-2)32(28)41-22-23-10-6-4-7-11-23)21-36(29)33(37)31(24-12-8-5-9-13-24)42-27-17-15-26(35)16-18-27/h4-19,29,31H,3,20-22H2,1-2H3/t29-,31-/m0/s1. The fraction of sp³-hybridized carbons (Fsp3) is 0.235. The molecule has 4 aromatic rings. The summed E-state index contributed by atoms with van der Waals surface area (Å²) in [5.74, 6) is 0.0284. The molecule has 0 fully saturated rings. The number of rotatable bonds is 10. The lowest BCUT2D eigenvalue weighted by molar-refractivity contribution is -0.158. The van der Waals surface area contributed by atoms with Crippen molar-refractivity contribution >= 4 is 11.9 Å². The summed E-state index contributed by atoms with van der Waals surface area (Å²) in [6, 6.07) is 27.0. The van der Waals surface area contributed by atoms with Crippen molar-refractivity contribution in [2.75, 3.05) is 13.7 Å². The van der Waals surface area contributed by atoms with E-state index in [0.29, 0.717) is 29.4 Å². The topological polar surface area (TPSA) is 74.3 Å². The summed E-state index contributed by atoms with van der Waals surface area (Å²) in [6.45, 7) is 2.32. The van der Waals surface area contributed by atoms with Gasteiger partial charge in [-0.3, -0.25) is 4.79 Å². The van der Waals surface area contributed by atoms with Crippen molar-refractivity contribution < 1.29 is 32.9 Å². The van der Waals surface area contributed by atoms with Gasteiger partial charge in [0.2, 0.25) is 6.10 Å². The van der Waals surface area contributed by atoms with Crippen LogP contribution in [0.1, 0.15) is 35.3 Å². The molecule has 4 aromatic carbocycles. The van der Waals surface area contributed by atoms with Gasteiger partial charge < -0.3 is 23.8 Å². The van der Waals surface area contributed by atoms with E-state index in [1.165, 1.54) is 29.2 Å². The molecule has 1 aliphatic heterocycles. The van der Waals surface area contributed by atoms with E-state index in [-0.39, 0.29) is 19.6 Å². The molecule has 0 saturated heterocycles. The average molecular weight is 570 g/mol. The predicted molar refractivity (Wildman–Crippen MR) is 155 cm³/mol. The normalized spacial score (nSPS) is 14.8. The Hall–Kier alpha value is -4.85. The van der Waals surface area contributed by atoms with E-state index < -0.39 is 29.8 Å². The molecule has 1 amide bonds. The molecular formula is C34H32FNO6. The van der Waals surface area contributed by atoms with Gasteiger partial charge in [-0.2, -0.15) is 0 Å². The number of hydrogen-bond donors (Lipinski definition) is 0. The lowest BCUT2D eigenvalue weighted by Crippen LogP contribution is -2.51. The highest BCUT2D eigenvalue weighted by atomic mass is 19.1. The van der Waals surface area contributed by atoms with Crippen molar-refractivity contribution in [1.82, 2.24) is 4.90 Å². The minimum Gasteiger partial charge on any atom is -0.493 e. The lowest BCUT2D eigenvalue weighted by Gasteiger charge is -2.38. The molecule has 0 unspecified atom stereocenters. The predicted octanol–water partition coefficient (Wildman–Crippen LogP) is 6.05. The van der Waals surface area contributed by atoms with Crippen molar-refractivity contribution in [2.24, 2.45) is 0 Å². The number of ether oxygens (including phenoxy) is 4. The van der Waals surface area contributed by atoms with Gasteiger partial charge in [-0.1, -0.05) is 66.7 Å². The Labute approximate surface area is 244 Å². The third kappa shape index (κ3) is 6.38. The highest BCUT2D eigenvalue weighted by Crippen LogP contribution is 2.40. The summed E-state index contributed by atoms with van der Waals surface area (Å²) in [6.07, 6.45) is -0.915. The molecule has 0 bridgehead atoms. The first-order valence-corrected chi connectivity index (χ1v) is 13.8.